The highest BCUT2D eigenvalue weighted by atomic mass is 32.2. The molecule has 4 nitrogen and oxygen atoms in total. The number of hydrogen-bond acceptors (Lipinski definition) is 5. The molecule has 6 heteroatoms. The molecule has 1 aliphatic heterocycles. The second-order valence-corrected chi connectivity index (χ2v) is 10.4. The second-order valence-electron chi connectivity index (χ2n) is 8.01. The lowest BCUT2D eigenvalue weighted by Gasteiger charge is -2.30. The van der Waals surface area contributed by atoms with Crippen molar-refractivity contribution < 1.29 is 4.79 Å². The zero-order valence-electron chi connectivity index (χ0n) is 16.9. The van der Waals surface area contributed by atoms with Gasteiger partial charge in [-0.3, -0.25) is 4.79 Å². The number of benzene rings is 1. The number of thioether (sulfide) groups is 1. The molecule has 0 spiro atoms. The quantitative estimate of drug-likeness (QED) is 0.442. The lowest BCUT2D eigenvalue weighted by molar-refractivity contribution is -0.131. The van der Waals surface area contributed by atoms with Crippen molar-refractivity contribution in [3.63, 3.8) is 0 Å². The van der Waals surface area contributed by atoms with Gasteiger partial charge < -0.3 is 4.90 Å². The number of carbonyl (C=O) groups excluding carboxylic acids is 1. The lowest BCUT2D eigenvalue weighted by atomic mass is 9.97. The van der Waals surface area contributed by atoms with Crippen LogP contribution in [0.3, 0.4) is 0 Å². The van der Waals surface area contributed by atoms with Crippen molar-refractivity contribution in [1.82, 2.24) is 14.9 Å². The molecule has 0 radical (unpaired) electrons. The van der Waals surface area contributed by atoms with E-state index in [-0.39, 0.29) is 11.2 Å². The first-order chi connectivity index (χ1) is 14.1. The molecule has 1 atom stereocenters. The van der Waals surface area contributed by atoms with Crippen LogP contribution in [-0.2, 0) is 30.6 Å². The summed E-state index contributed by atoms with van der Waals surface area (Å²) in [6, 6.07) is 8.46. The van der Waals surface area contributed by atoms with Crippen LogP contribution < -0.4 is 0 Å². The van der Waals surface area contributed by atoms with E-state index in [1.165, 1.54) is 39.8 Å². The molecule has 3 aromatic rings. The summed E-state index contributed by atoms with van der Waals surface area (Å²) in [5, 5.41) is 2.05. The van der Waals surface area contributed by atoms with Crippen LogP contribution in [0.15, 0.2) is 29.3 Å². The third kappa shape index (κ3) is 3.57. The molecular formula is C23H25N3OS2. The van der Waals surface area contributed by atoms with Crippen molar-refractivity contribution in [2.45, 2.75) is 62.8 Å². The van der Waals surface area contributed by atoms with Gasteiger partial charge in [0.25, 0.3) is 0 Å². The first kappa shape index (κ1) is 19.1. The number of fused-ring (bicyclic) bond motifs is 4. The Hall–Kier alpha value is -1.92. The minimum atomic E-state index is -0.156. The Morgan fingerprint density at radius 2 is 1.93 bits per heavy atom. The fourth-order valence-electron chi connectivity index (χ4n) is 4.47. The van der Waals surface area contributed by atoms with Crippen molar-refractivity contribution in [2.24, 2.45) is 0 Å². The third-order valence-corrected chi connectivity index (χ3v) is 8.23. The Morgan fingerprint density at radius 3 is 2.79 bits per heavy atom. The maximum atomic E-state index is 13.2. The smallest absolute Gasteiger partial charge is 0.236 e. The molecule has 0 saturated carbocycles. The average Bonchev–Trinajstić information content (AvgIpc) is 3.11. The van der Waals surface area contributed by atoms with Crippen LogP contribution in [0.2, 0.25) is 0 Å². The Bertz CT molecular complexity index is 1090. The van der Waals surface area contributed by atoms with Crippen LogP contribution in [0.1, 0.15) is 47.2 Å². The van der Waals surface area contributed by atoms with Gasteiger partial charge in [-0.25, -0.2) is 9.97 Å². The fraction of sp³-hybridized carbons (Fsp3) is 0.435. The topological polar surface area (TPSA) is 46.1 Å². The van der Waals surface area contributed by atoms with Gasteiger partial charge in [0.05, 0.1) is 5.25 Å². The number of aromatic nitrogens is 2. The zero-order valence-corrected chi connectivity index (χ0v) is 18.5. The number of nitrogens with zero attached hydrogens (tertiary/aromatic N) is 3. The first-order valence-electron chi connectivity index (χ1n) is 10.4. The molecule has 5 rings (SSSR count). The van der Waals surface area contributed by atoms with E-state index in [2.05, 4.69) is 24.3 Å². The average molecular weight is 424 g/mol. The van der Waals surface area contributed by atoms with Crippen molar-refractivity contribution in [1.29, 1.82) is 0 Å². The third-order valence-electron chi connectivity index (χ3n) is 5.97. The molecule has 0 fully saturated rings. The van der Waals surface area contributed by atoms with Crippen molar-refractivity contribution in [2.75, 3.05) is 6.54 Å². The molecule has 0 bridgehead atoms. The highest BCUT2D eigenvalue weighted by Gasteiger charge is 2.28. The number of hydrogen-bond donors (Lipinski definition) is 0. The van der Waals surface area contributed by atoms with Crippen LogP contribution in [0.5, 0.6) is 0 Å². The molecule has 3 heterocycles. The lowest BCUT2D eigenvalue weighted by Crippen LogP contribution is -2.40. The Balaban J connectivity index is 1.41. The van der Waals surface area contributed by atoms with Gasteiger partial charge in [-0.15, -0.1) is 11.3 Å². The number of rotatable bonds is 3. The Labute approximate surface area is 179 Å². The number of carbonyl (C=O) groups is 1. The summed E-state index contributed by atoms with van der Waals surface area (Å²) in [7, 11) is 0. The van der Waals surface area contributed by atoms with E-state index in [1.807, 2.05) is 30.1 Å². The molecule has 1 amide bonds. The molecule has 29 heavy (non-hydrogen) atoms. The first-order valence-corrected chi connectivity index (χ1v) is 12.1. The monoisotopic (exact) mass is 423 g/mol. The summed E-state index contributed by atoms with van der Waals surface area (Å²) in [6.07, 6.45) is 5.70. The Kier molecular flexibility index (Phi) is 5.08. The SMILES string of the molecule is Cc1nc(S[C@@H](C)C(=O)N2CCc3ccccc3C2)c2c3c(sc2n1)CCCC3. The van der Waals surface area contributed by atoms with Gasteiger partial charge in [0.2, 0.25) is 5.91 Å². The van der Waals surface area contributed by atoms with Gasteiger partial charge in [0, 0.05) is 23.4 Å². The summed E-state index contributed by atoms with van der Waals surface area (Å²) in [5.74, 6) is 1.00. The molecule has 0 unspecified atom stereocenters. The predicted molar refractivity (Wildman–Crippen MR) is 120 cm³/mol. The van der Waals surface area contributed by atoms with Gasteiger partial charge >= 0.3 is 0 Å². The van der Waals surface area contributed by atoms with E-state index in [0.717, 1.165) is 41.5 Å². The number of aryl methyl sites for hydroxylation is 3. The highest BCUT2D eigenvalue weighted by Crippen LogP contribution is 2.40. The summed E-state index contributed by atoms with van der Waals surface area (Å²) in [4.78, 5) is 27.3. The maximum Gasteiger partial charge on any atom is 0.236 e. The Morgan fingerprint density at radius 1 is 1.14 bits per heavy atom. The molecular weight excluding hydrogens is 398 g/mol. The number of thiophene rings is 1. The molecule has 0 N–H and O–H groups in total. The van der Waals surface area contributed by atoms with Crippen LogP contribution in [0.4, 0.5) is 0 Å². The highest BCUT2D eigenvalue weighted by molar-refractivity contribution is 8.00. The normalized spacial score (nSPS) is 17.1. The van der Waals surface area contributed by atoms with Gasteiger partial charge in [0.15, 0.2) is 0 Å². The van der Waals surface area contributed by atoms with Crippen LogP contribution >= 0.6 is 23.1 Å². The molecule has 1 aromatic carbocycles. The van der Waals surface area contributed by atoms with Gasteiger partial charge in [-0.05, 0) is 62.6 Å². The minimum absolute atomic E-state index is 0.156. The van der Waals surface area contributed by atoms with E-state index in [9.17, 15) is 4.79 Å². The van der Waals surface area contributed by atoms with Crippen LogP contribution in [0.25, 0.3) is 10.2 Å². The van der Waals surface area contributed by atoms with E-state index in [4.69, 9.17) is 9.97 Å². The maximum absolute atomic E-state index is 13.2. The van der Waals surface area contributed by atoms with Crippen molar-refractivity contribution in [3.8, 4) is 0 Å². The molecule has 2 aliphatic rings. The van der Waals surface area contributed by atoms with Crippen LogP contribution in [-0.4, -0.2) is 32.6 Å². The predicted octanol–water partition coefficient (Wildman–Crippen LogP) is 4.94. The molecule has 2 aromatic heterocycles. The molecule has 0 saturated heterocycles. The summed E-state index contributed by atoms with van der Waals surface area (Å²) in [6.45, 7) is 5.49. The van der Waals surface area contributed by atoms with E-state index in [0.29, 0.717) is 6.54 Å². The van der Waals surface area contributed by atoms with Crippen molar-refractivity contribution >= 4 is 39.2 Å². The second kappa shape index (κ2) is 7.73. The standard InChI is InChI=1S/C23H25N3OS2/c1-14(23(27)26-12-11-16-7-3-4-8-17(16)13-26)28-21-20-18-9-5-6-10-19(18)29-22(20)25-15(2)24-21/h3-4,7-8,14H,5-6,9-13H2,1-2H3/t14-/m0/s1. The van der Waals surface area contributed by atoms with Gasteiger partial charge in [-0.1, -0.05) is 36.0 Å². The minimum Gasteiger partial charge on any atom is -0.337 e. The van der Waals surface area contributed by atoms with E-state index < -0.39 is 0 Å². The summed E-state index contributed by atoms with van der Waals surface area (Å²) in [5.41, 5.74) is 4.08. The zero-order chi connectivity index (χ0) is 20.0. The van der Waals surface area contributed by atoms with Gasteiger partial charge in [0.1, 0.15) is 15.7 Å². The van der Waals surface area contributed by atoms with E-state index in [1.54, 1.807) is 11.8 Å². The van der Waals surface area contributed by atoms with E-state index >= 15 is 0 Å². The largest absolute Gasteiger partial charge is 0.337 e. The summed E-state index contributed by atoms with van der Waals surface area (Å²) >= 11 is 3.44. The van der Waals surface area contributed by atoms with Crippen LogP contribution in [0, 0.1) is 6.92 Å². The number of amides is 1. The molecule has 150 valence electrons. The van der Waals surface area contributed by atoms with Gasteiger partial charge in [-0.2, -0.15) is 0 Å². The summed E-state index contributed by atoms with van der Waals surface area (Å²) < 4.78 is 0. The molecule has 1 aliphatic carbocycles. The fourth-order valence-corrected chi connectivity index (χ4v) is 6.95. The van der Waals surface area contributed by atoms with Crippen molar-refractivity contribution in [3.05, 3.63) is 51.7 Å².